The molecule has 30 heavy (non-hydrogen) atoms. The molecule has 8 nitrogen and oxygen atoms in total. The molecule has 0 radical (unpaired) electrons. The topological polar surface area (TPSA) is 93.7 Å². The lowest BCUT2D eigenvalue weighted by molar-refractivity contribution is -0.131. The molecule has 3 heterocycles. The average molecular weight is 402 g/mol. The van der Waals surface area contributed by atoms with Crippen LogP contribution in [-0.2, 0) is 11.3 Å². The summed E-state index contributed by atoms with van der Waals surface area (Å²) >= 11 is 0. The Morgan fingerprint density at radius 3 is 2.67 bits per heavy atom. The molecule has 8 heteroatoms. The predicted molar refractivity (Wildman–Crippen MR) is 113 cm³/mol. The van der Waals surface area contributed by atoms with Crippen molar-refractivity contribution in [2.75, 3.05) is 38.0 Å². The maximum Gasteiger partial charge on any atom is 0.281 e. The fourth-order valence-corrected chi connectivity index (χ4v) is 3.59. The lowest BCUT2D eigenvalue weighted by atomic mass is 10.1. The maximum absolute atomic E-state index is 12.6. The number of carbonyl (C=O) groups is 1. The van der Waals surface area contributed by atoms with Crippen molar-refractivity contribution in [2.45, 2.75) is 6.54 Å². The van der Waals surface area contributed by atoms with Gasteiger partial charge in [-0.25, -0.2) is 4.98 Å². The lowest BCUT2D eigenvalue weighted by Gasteiger charge is -2.35. The monoisotopic (exact) mass is 402 g/mol. The number of hydrogen-bond donors (Lipinski definition) is 1. The highest BCUT2D eigenvalue weighted by molar-refractivity contribution is 5.80. The quantitative estimate of drug-likeness (QED) is 0.692. The lowest BCUT2D eigenvalue weighted by Crippen LogP contribution is -2.49. The summed E-state index contributed by atoms with van der Waals surface area (Å²) in [5, 5.41) is 12.2. The van der Waals surface area contributed by atoms with Gasteiger partial charge in [0.25, 0.3) is 5.56 Å². The number of pyridine rings is 1. The SMILES string of the molecule is N#Cc1ccccc1CN1CCN(C(=O)CNc2cnc3ccccn3c2=O)CC1. The minimum Gasteiger partial charge on any atom is -0.370 e. The Morgan fingerprint density at radius 1 is 1.10 bits per heavy atom. The Kier molecular flexibility index (Phi) is 5.72. The van der Waals surface area contributed by atoms with Gasteiger partial charge in [-0.15, -0.1) is 0 Å². The third kappa shape index (κ3) is 4.16. The highest BCUT2D eigenvalue weighted by Gasteiger charge is 2.21. The first-order valence-electron chi connectivity index (χ1n) is 9.84. The van der Waals surface area contributed by atoms with E-state index in [1.54, 1.807) is 23.2 Å². The normalized spacial score (nSPS) is 14.4. The Labute approximate surface area is 174 Å². The molecule has 0 unspecified atom stereocenters. The van der Waals surface area contributed by atoms with Crippen LogP contribution in [0.15, 0.2) is 59.7 Å². The van der Waals surface area contributed by atoms with Crippen molar-refractivity contribution in [2.24, 2.45) is 0 Å². The number of carbonyl (C=O) groups excluding carboxylic acids is 1. The van der Waals surface area contributed by atoms with Crippen LogP contribution >= 0.6 is 0 Å². The molecule has 0 bridgehead atoms. The number of rotatable bonds is 5. The van der Waals surface area contributed by atoms with Crippen molar-refractivity contribution in [1.82, 2.24) is 19.2 Å². The zero-order chi connectivity index (χ0) is 20.9. The van der Waals surface area contributed by atoms with Crippen molar-refractivity contribution in [3.8, 4) is 6.07 Å². The van der Waals surface area contributed by atoms with E-state index in [1.807, 2.05) is 30.3 Å². The van der Waals surface area contributed by atoms with Gasteiger partial charge in [0.2, 0.25) is 5.91 Å². The number of hydrogen-bond acceptors (Lipinski definition) is 6. The van der Waals surface area contributed by atoms with Crippen molar-refractivity contribution < 1.29 is 4.79 Å². The zero-order valence-corrected chi connectivity index (χ0v) is 16.5. The second kappa shape index (κ2) is 8.76. The van der Waals surface area contributed by atoms with Gasteiger partial charge in [-0.2, -0.15) is 5.26 Å². The second-order valence-electron chi connectivity index (χ2n) is 7.19. The van der Waals surface area contributed by atoms with Gasteiger partial charge in [0.15, 0.2) is 0 Å². The molecular formula is C22H22N6O2. The Bertz CT molecular complexity index is 1160. The average Bonchev–Trinajstić information content (AvgIpc) is 2.79. The molecule has 1 fully saturated rings. The van der Waals surface area contributed by atoms with E-state index in [1.165, 1.54) is 10.6 Å². The van der Waals surface area contributed by atoms with E-state index >= 15 is 0 Å². The van der Waals surface area contributed by atoms with E-state index in [0.29, 0.717) is 36.5 Å². The second-order valence-corrected chi connectivity index (χ2v) is 7.19. The highest BCUT2D eigenvalue weighted by Crippen LogP contribution is 2.13. The summed E-state index contributed by atoms with van der Waals surface area (Å²) in [4.78, 5) is 33.4. The number of aromatic nitrogens is 2. The number of fused-ring (bicyclic) bond motifs is 1. The summed E-state index contributed by atoms with van der Waals surface area (Å²) in [5.74, 6) is -0.0513. The molecule has 1 saturated heterocycles. The van der Waals surface area contributed by atoms with Gasteiger partial charge >= 0.3 is 0 Å². The van der Waals surface area contributed by atoms with Crippen LogP contribution in [0.1, 0.15) is 11.1 Å². The first kappa shape index (κ1) is 19.6. The van der Waals surface area contributed by atoms with Crippen molar-refractivity contribution in [3.05, 3.63) is 76.3 Å². The van der Waals surface area contributed by atoms with Gasteiger partial charge in [-0.05, 0) is 23.8 Å². The molecule has 2 aromatic heterocycles. The number of nitrogens with zero attached hydrogens (tertiary/aromatic N) is 5. The van der Waals surface area contributed by atoms with Gasteiger partial charge in [-0.1, -0.05) is 24.3 Å². The smallest absolute Gasteiger partial charge is 0.281 e. The molecule has 0 aliphatic carbocycles. The van der Waals surface area contributed by atoms with Crippen molar-refractivity contribution in [1.29, 1.82) is 5.26 Å². The Morgan fingerprint density at radius 2 is 1.87 bits per heavy atom. The number of anilines is 1. The van der Waals surface area contributed by atoms with E-state index in [9.17, 15) is 14.9 Å². The Hall–Kier alpha value is -3.70. The van der Waals surface area contributed by atoms with E-state index in [4.69, 9.17) is 0 Å². The number of piperazine rings is 1. The summed E-state index contributed by atoms with van der Waals surface area (Å²) in [7, 11) is 0. The van der Waals surface area contributed by atoms with Crippen LogP contribution < -0.4 is 10.9 Å². The minimum absolute atomic E-state index is 0.0487. The number of nitriles is 1. The minimum atomic E-state index is -0.227. The van der Waals surface area contributed by atoms with Crippen LogP contribution in [0.3, 0.4) is 0 Å². The van der Waals surface area contributed by atoms with Crippen LogP contribution in [0.5, 0.6) is 0 Å². The van der Waals surface area contributed by atoms with E-state index in [-0.39, 0.29) is 18.0 Å². The molecule has 0 saturated carbocycles. The zero-order valence-electron chi connectivity index (χ0n) is 16.5. The summed E-state index contributed by atoms with van der Waals surface area (Å²) in [5.41, 5.74) is 2.34. The molecule has 152 valence electrons. The fraction of sp³-hybridized carbons (Fsp3) is 0.273. The van der Waals surface area contributed by atoms with Crippen LogP contribution in [-0.4, -0.2) is 57.8 Å². The van der Waals surface area contributed by atoms with Gasteiger partial charge in [0, 0.05) is 38.9 Å². The van der Waals surface area contributed by atoms with Gasteiger partial charge in [-0.3, -0.25) is 18.9 Å². The number of nitrogens with one attached hydrogen (secondary N) is 1. The predicted octanol–water partition coefficient (Wildman–Crippen LogP) is 1.32. The number of benzene rings is 1. The summed E-state index contributed by atoms with van der Waals surface area (Å²) in [6.07, 6.45) is 3.12. The first-order valence-corrected chi connectivity index (χ1v) is 9.84. The number of amides is 1. The molecule has 3 aromatic rings. The van der Waals surface area contributed by atoms with Gasteiger partial charge in [0.05, 0.1) is 24.4 Å². The van der Waals surface area contributed by atoms with Gasteiger partial charge < -0.3 is 10.2 Å². The molecule has 4 rings (SSSR count). The summed E-state index contributed by atoms with van der Waals surface area (Å²) in [6.45, 7) is 3.46. The molecule has 1 N–H and O–H groups in total. The highest BCUT2D eigenvalue weighted by atomic mass is 16.2. The van der Waals surface area contributed by atoms with Crippen LogP contribution in [0.25, 0.3) is 5.65 Å². The van der Waals surface area contributed by atoms with Gasteiger partial charge in [0.1, 0.15) is 11.3 Å². The fourth-order valence-electron chi connectivity index (χ4n) is 3.59. The molecule has 1 aliphatic rings. The third-order valence-electron chi connectivity index (χ3n) is 5.30. The summed E-state index contributed by atoms with van der Waals surface area (Å²) in [6, 6.07) is 15.2. The van der Waals surface area contributed by atoms with Crippen molar-refractivity contribution in [3.63, 3.8) is 0 Å². The molecule has 1 amide bonds. The first-order chi connectivity index (χ1) is 14.7. The van der Waals surface area contributed by atoms with Crippen LogP contribution in [0.4, 0.5) is 5.69 Å². The van der Waals surface area contributed by atoms with E-state index in [0.717, 1.165) is 18.7 Å². The summed E-state index contributed by atoms with van der Waals surface area (Å²) < 4.78 is 1.45. The van der Waals surface area contributed by atoms with Crippen LogP contribution in [0, 0.1) is 11.3 Å². The standard InChI is InChI=1S/C22H22N6O2/c23-13-17-5-1-2-6-18(17)16-26-9-11-27(12-10-26)21(29)15-24-19-14-25-20-7-3-4-8-28(20)22(19)30/h1-8,14,24H,9-12,15-16H2. The van der Waals surface area contributed by atoms with E-state index in [2.05, 4.69) is 21.3 Å². The molecule has 1 aliphatic heterocycles. The Balaban J connectivity index is 1.31. The maximum atomic E-state index is 12.6. The molecular weight excluding hydrogens is 380 g/mol. The molecule has 1 aromatic carbocycles. The largest absolute Gasteiger partial charge is 0.370 e. The molecule has 0 spiro atoms. The third-order valence-corrected chi connectivity index (χ3v) is 5.30. The van der Waals surface area contributed by atoms with Crippen LogP contribution in [0.2, 0.25) is 0 Å². The van der Waals surface area contributed by atoms with E-state index < -0.39 is 0 Å². The van der Waals surface area contributed by atoms with Crippen molar-refractivity contribution >= 4 is 17.2 Å². The molecule has 0 atom stereocenters.